The molecule has 32 heavy (non-hydrogen) atoms. The molecule has 2 aromatic rings. The molecule has 0 unspecified atom stereocenters. The second-order valence-corrected chi connectivity index (χ2v) is 10.2. The smallest absolute Gasteiger partial charge is 0.226 e. The van der Waals surface area contributed by atoms with Gasteiger partial charge in [-0.2, -0.15) is 0 Å². The lowest BCUT2D eigenvalue weighted by Crippen LogP contribution is -2.54. The Hall–Kier alpha value is -2.80. The number of amides is 1. The topological polar surface area (TPSA) is 83.0 Å². The molecular weight excluding hydrogens is 400 g/mol. The number of piperidine rings is 1. The molecule has 0 aliphatic carbocycles. The minimum Gasteiger partial charge on any atom is -0.342 e. The van der Waals surface area contributed by atoms with Crippen LogP contribution in [0.1, 0.15) is 65.0 Å². The van der Waals surface area contributed by atoms with Crippen LogP contribution in [0.15, 0.2) is 48.4 Å². The summed E-state index contributed by atoms with van der Waals surface area (Å²) in [5, 5.41) is 6.85. The SMILES string of the molecule is CC1(C)C=C(CC(=O)N2CCC[C@@H](c3cccc(Nc4cnccn4)n3)C2)CC(C)(C)N1. The molecule has 2 aromatic heterocycles. The zero-order valence-corrected chi connectivity index (χ0v) is 19.6. The van der Waals surface area contributed by atoms with Crippen molar-refractivity contribution in [3.05, 3.63) is 54.1 Å². The molecule has 0 aromatic carbocycles. The number of hydrogen-bond acceptors (Lipinski definition) is 6. The summed E-state index contributed by atoms with van der Waals surface area (Å²) in [6.45, 7) is 10.3. The van der Waals surface area contributed by atoms with E-state index >= 15 is 0 Å². The first-order chi connectivity index (χ1) is 15.2. The van der Waals surface area contributed by atoms with Gasteiger partial charge in [-0.3, -0.25) is 9.78 Å². The van der Waals surface area contributed by atoms with Crippen LogP contribution in [0.2, 0.25) is 0 Å². The Morgan fingerprint density at radius 2 is 2.06 bits per heavy atom. The van der Waals surface area contributed by atoms with Gasteiger partial charge in [0.15, 0.2) is 0 Å². The van der Waals surface area contributed by atoms with E-state index in [0.717, 1.165) is 43.9 Å². The van der Waals surface area contributed by atoms with E-state index in [1.54, 1.807) is 18.6 Å². The molecule has 170 valence electrons. The predicted octanol–water partition coefficient (Wildman–Crippen LogP) is 4.19. The van der Waals surface area contributed by atoms with Crippen molar-refractivity contribution < 1.29 is 4.79 Å². The molecule has 2 N–H and O–H groups in total. The minimum absolute atomic E-state index is 0.00120. The highest BCUT2D eigenvalue weighted by Crippen LogP contribution is 2.31. The number of carbonyl (C=O) groups excluding carboxylic acids is 1. The van der Waals surface area contributed by atoms with Gasteiger partial charge in [-0.1, -0.05) is 17.7 Å². The third-order valence-corrected chi connectivity index (χ3v) is 6.06. The molecule has 0 spiro atoms. The van der Waals surface area contributed by atoms with Crippen molar-refractivity contribution in [3.63, 3.8) is 0 Å². The Balaban J connectivity index is 1.42. The highest BCUT2D eigenvalue weighted by atomic mass is 16.2. The third-order valence-electron chi connectivity index (χ3n) is 6.06. The second kappa shape index (κ2) is 8.98. The quantitative estimate of drug-likeness (QED) is 0.687. The Morgan fingerprint density at radius 3 is 2.81 bits per heavy atom. The van der Waals surface area contributed by atoms with Gasteiger partial charge >= 0.3 is 0 Å². The molecule has 4 rings (SSSR count). The number of pyridine rings is 1. The molecule has 1 amide bonds. The van der Waals surface area contributed by atoms with Gasteiger partial charge in [0.2, 0.25) is 5.91 Å². The first kappa shape index (κ1) is 22.4. The summed E-state index contributed by atoms with van der Waals surface area (Å²) < 4.78 is 0. The van der Waals surface area contributed by atoms with Crippen LogP contribution in [0.3, 0.4) is 0 Å². The molecular formula is C25H34N6O. The monoisotopic (exact) mass is 434 g/mol. The van der Waals surface area contributed by atoms with Gasteiger partial charge in [-0.25, -0.2) is 9.97 Å². The van der Waals surface area contributed by atoms with Crippen molar-refractivity contribution in [2.24, 2.45) is 0 Å². The number of rotatable bonds is 5. The third kappa shape index (κ3) is 5.71. The van der Waals surface area contributed by atoms with Crippen molar-refractivity contribution in [1.82, 2.24) is 25.2 Å². The van der Waals surface area contributed by atoms with E-state index in [0.29, 0.717) is 12.2 Å². The molecule has 7 nitrogen and oxygen atoms in total. The van der Waals surface area contributed by atoms with Gasteiger partial charge in [0, 0.05) is 54.6 Å². The standard InChI is InChI=1S/C25H34N6O/c1-24(2)14-18(15-25(3,4)30-24)13-23(32)31-12-6-7-19(17-31)20-8-5-9-21(28-20)29-22-16-26-10-11-27-22/h5,8-11,14,16,19,30H,6-7,12-13,15,17H2,1-4H3,(H,27,28,29)/t19-/m1/s1. The van der Waals surface area contributed by atoms with Crippen LogP contribution in [0, 0.1) is 0 Å². The van der Waals surface area contributed by atoms with Crippen LogP contribution in [0.5, 0.6) is 0 Å². The van der Waals surface area contributed by atoms with Crippen LogP contribution >= 0.6 is 0 Å². The fraction of sp³-hybridized carbons (Fsp3) is 0.520. The van der Waals surface area contributed by atoms with Crippen molar-refractivity contribution in [2.75, 3.05) is 18.4 Å². The van der Waals surface area contributed by atoms with E-state index in [1.807, 2.05) is 17.0 Å². The summed E-state index contributed by atoms with van der Waals surface area (Å²) in [7, 11) is 0. The van der Waals surface area contributed by atoms with E-state index < -0.39 is 0 Å². The highest BCUT2D eigenvalue weighted by Gasteiger charge is 2.34. The number of carbonyl (C=O) groups is 1. The molecule has 1 saturated heterocycles. The average Bonchev–Trinajstić information content (AvgIpc) is 2.72. The Bertz CT molecular complexity index is 985. The highest BCUT2D eigenvalue weighted by molar-refractivity contribution is 5.79. The number of aromatic nitrogens is 3. The van der Waals surface area contributed by atoms with E-state index in [9.17, 15) is 4.79 Å². The molecule has 2 aliphatic heterocycles. The average molecular weight is 435 g/mol. The van der Waals surface area contributed by atoms with Crippen LogP contribution < -0.4 is 10.6 Å². The van der Waals surface area contributed by atoms with Crippen molar-refractivity contribution >= 4 is 17.5 Å². The summed E-state index contributed by atoms with van der Waals surface area (Å²) in [6.07, 6.45) is 10.6. The van der Waals surface area contributed by atoms with E-state index in [4.69, 9.17) is 4.98 Å². The van der Waals surface area contributed by atoms with Crippen LogP contribution in [0.4, 0.5) is 11.6 Å². The Kier molecular flexibility index (Phi) is 6.29. The fourth-order valence-electron chi connectivity index (χ4n) is 5.19. The molecule has 0 radical (unpaired) electrons. The van der Waals surface area contributed by atoms with E-state index in [2.05, 4.69) is 60.4 Å². The van der Waals surface area contributed by atoms with Gasteiger partial charge in [0.05, 0.1) is 6.20 Å². The fourth-order valence-corrected chi connectivity index (χ4v) is 5.19. The summed E-state index contributed by atoms with van der Waals surface area (Å²) in [4.78, 5) is 28.4. The molecule has 0 saturated carbocycles. The lowest BCUT2D eigenvalue weighted by Gasteiger charge is -2.41. The normalized spacial score (nSPS) is 22.2. The summed E-state index contributed by atoms with van der Waals surface area (Å²) >= 11 is 0. The van der Waals surface area contributed by atoms with Gasteiger partial charge in [-0.15, -0.1) is 0 Å². The first-order valence-electron chi connectivity index (χ1n) is 11.5. The summed E-state index contributed by atoms with van der Waals surface area (Å²) in [5.41, 5.74) is 2.15. The molecule has 7 heteroatoms. The zero-order chi connectivity index (χ0) is 22.8. The summed E-state index contributed by atoms with van der Waals surface area (Å²) in [6, 6.07) is 5.99. The number of likely N-dealkylation sites (tertiary alicyclic amines) is 1. The van der Waals surface area contributed by atoms with Gasteiger partial charge in [0.25, 0.3) is 0 Å². The number of hydrogen-bond donors (Lipinski definition) is 2. The van der Waals surface area contributed by atoms with Crippen molar-refractivity contribution in [3.8, 4) is 0 Å². The molecule has 0 bridgehead atoms. The maximum Gasteiger partial charge on any atom is 0.226 e. The van der Waals surface area contributed by atoms with Gasteiger partial charge in [-0.05, 0) is 59.1 Å². The second-order valence-electron chi connectivity index (χ2n) is 10.2. The van der Waals surface area contributed by atoms with Gasteiger partial charge in [0.1, 0.15) is 11.6 Å². The number of nitrogens with zero attached hydrogens (tertiary/aromatic N) is 4. The Labute approximate surface area is 190 Å². The van der Waals surface area contributed by atoms with Crippen molar-refractivity contribution in [2.45, 2.75) is 70.4 Å². The van der Waals surface area contributed by atoms with E-state index in [1.165, 1.54) is 5.57 Å². The zero-order valence-electron chi connectivity index (χ0n) is 19.6. The largest absolute Gasteiger partial charge is 0.342 e. The maximum atomic E-state index is 13.2. The number of nitrogens with one attached hydrogen (secondary N) is 2. The van der Waals surface area contributed by atoms with Gasteiger partial charge < -0.3 is 15.5 Å². The Morgan fingerprint density at radius 1 is 1.22 bits per heavy atom. The van der Waals surface area contributed by atoms with Crippen LogP contribution in [-0.4, -0.2) is 49.9 Å². The van der Waals surface area contributed by atoms with E-state index in [-0.39, 0.29) is 22.9 Å². The molecule has 2 aliphatic rings. The maximum absolute atomic E-state index is 13.2. The van der Waals surface area contributed by atoms with Crippen LogP contribution in [0.25, 0.3) is 0 Å². The minimum atomic E-state index is -0.0950. The lowest BCUT2D eigenvalue weighted by molar-refractivity contribution is -0.131. The predicted molar refractivity (Wildman–Crippen MR) is 127 cm³/mol. The molecule has 1 atom stereocenters. The van der Waals surface area contributed by atoms with Crippen molar-refractivity contribution in [1.29, 1.82) is 0 Å². The first-order valence-corrected chi connectivity index (χ1v) is 11.5. The summed E-state index contributed by atoms with van der Waals surface area (Å²) in [5.74, 6) is 1.88. The van der Waals surface area contributed by atoms with Crippen LogP contribution in [-0.2, 0) is 4.79 Å². The number of anilines is 2. The molecule has 4 heterocycles. The molecule has 1 fully saturated rings. The lowest BCUT2D eigenvalue weighted by atomic mass is 9.82.